The first-order valence-electron chi connectivity index (χ1n) is 3.94. The molecule has 1 aliphatic rings. The van der Waals surface area contributed by atoms with E-state index < -0.39 is 25.3 Å². The van der Waals surface area contributed by atoms with Gasteiger partial charge in [0.05, 0.1) is 5.66 Å². The molecule has 0 bridgehead atoms. The Bertz CT molecular complexity index is 249. The molecule has 0 aliphatic carbocycles. The number of piperidine rings is 1. The van der Waals surface area contributed by atoms with Crippen molar-refractivity contribution >= 4 is 13.6 Å². The standard InChI is InChI=1S/C6H12NO5P/c8-6(9)5-4(13(10,11)12)2-1-3-7-5/h4-5,7H,1-3H2,(H,8,9)(H2,10,11,12). The fraction of sp³-hybridized carbons (Fsp3) is 0.833. The van der Waals surface area contributed by atoms with Crippen molar-refractivity contribution in [3.63, 3.8) is 0 Å². The van der Waals surface area contributed by atoms with E-state index in [1.165, 1.54) is 0 Å². The van der Waals surface area contributed by atoms with E-state index in [0.29, 0.717) is 13.0 Å². The summed E-state index contributed by atoms with van der Waals surface area (Å²) in [5.74, 6) is -1.20. The summed E-state index contributed by atoms with van der Waals surface area (Å²) in [4.78, 5) is 28.3. The van der Waals surface area contributed by atoms with Crippen molar-refractivity contribution in [2.75, 3.05) is 6.54 Å². The highest BCUT2D eigenvalue weighted by Crippen LogP contribution is 2.46. The van der Waals surface area contributed by atoms with Gasteiger partial charge >= 0.3 is 13.6 Å². The number of aliphatic carboxylic acids is 1. The molecule has 1 aliphatic heterocycles. The molecule has 1 saturated heterocycles. The minimum atomic E-state index is -4.29. The van der Waals surface area contributed by atoms with E-state index in [-0.39, 0.29) is 6.42 Å². The topological polar surface area (TPSA) is 107 Å². The molecule has 0 spiro atoms. The second kappa shape index (κ2) is 3.75. The molecule has 2 atom stereocenters. The highest BCUT2D eigenvalue weighted by Gasteiger charge is 2.41. The molecule has 1 heterocycles. The first kappa shape index (κ1) is 10.7. The van der Waals surface area contributed by atoms with Crippen molar-refractivity contribution in [1.82, 2.24) is 5.32 Å². The number of nitrogens with one attached hydrogen (secondary N) is 1. The normalized spacial score (nSPS) is 30.0. The summed E-state index contributed by atoms with van der Waals surface area (Å²) in [6.45, 7) is 0.494. The molecule has 2 unspecified atom stereocenters. The highest BCUT2D eigenvalue weighted by molar-refractivity contribution is 7.52. The molecule has 76 valence electrons. The van der Waals surface area contributed by atoms with Crippen LogP contribution in [0.15, 0.2) is 0 Å². The summed E-state index contributed by atoms with van der Waals surface area (Å²) in [5.41, 5.74) is -1.08. The number of hydrogen-bond acceptors (Lipinski definition) is 3. The van der Waals surface area contributed by atoms with Gasteiger partial charge in [0.1, 0.15) is 6.04 Å². The SMILES string of the molecule is O=C(O)C1NCCCC1P(=O)(O)O. The van der Waals surface area contributed by atoms with Gasteiger partial charge in [-0.05, 0) is 19.4 Å². The van der Waals surface area contributed by atoms with Crippen LogP contribution in [0.5, 0.6) is 0 Å². The van der Waals surface area contributed by atoms with E-state index in [4.69, 9.17) is 14.9 Å². The zero-order chi connectivity index (χ0) is 10.1. The third-order valence-electron chi connectivity index (χ3n) is 2.12. The zero-order valence-corrected chi connectivity index (χ0v) is 7.78. The Kier molecular flexibility index (Phi) is 3.08. The third kappa shape index (κ3) is 2.51. The van der Waals surface area contributed by atoms with Crippen LogP contribution >= 0.6 is 7.60 Å². The average molecular weight is 209 g/mol. The lowest BCUT2D eigenvalue weighted by Crippen LogP contribution is -2.49. The van der Waals surface area contributed by atoms with Gasteiger partial charge in [0.15, 0.2) is 0 Å². The van der Waals surface area contributed by atoms with E-state index in [1.54, 1.807) is 0 Å². The Morgan fingerprint density at radius 3 is 2.46 bits per heavy atom. The van der Waals surface area contributed by atoms with Crippen molar-refractivity contribution in [3.05, 3.63) is 0 Å². The molecular formula is C6H12NO5P. The van der Waals surface area contributed by atoms with Crippen molar-refractivity contribution < 1.29 is 24.3 Å². The predicted molar refractivity (Wildman–Crippen MR) is 44.5 cm³/mol. The van der Waals surface area contributed by atoms with Gasteiger partial charge in [-0.25, -0.2) is 0 Å². The van der Waals surface area contributed by atoms with Crippen LogP contribution in [0, 0.1) is 0 Å². The Morgan fingerprint density at radius 2 is 2.08 bits per heavy atom. The number of hydrogen-bond donors (Lipinski definition) is 4. The molecule has 1 fully saturated rings. The fourth-order valence-corrected chi connectivity index (χ4v) is 2.63. The highest BCUT2D eigenvalue weighted by atomic mass is 31.2. The van der Waals surface area contributed by atoms with Crippen molar-refractivity contribution in [1.29, 1.82) is 0 Å². The Balaban J connectivity index is 2.79. The van der Waals surface area contributed by atoms with Crippen LogP contribution in [0.25, 0.3) is 0 Å². The largest absolute Gasteiger partial charge is 0.480 e. The van der Waals surface area contributed by atoms with Crippen LogP contribution in [0.4, 0.5) is 0 Å². The van der Waals surface area contributed by atoms with E-state index in [2.05, 4.69) is 5.32 Å². The zero-order valence-electron chi connectivity index (χ0n) is 6.88. The maximum Gasteiger partial charge on any atom is 0.330 e. The van der Waals surface area contributed by atoms with Gasteiger partial charge in [-0.2, -0.15) is 0 Å². The smallest absolute Gasteiger partial charge is 0.330 e. The molecule has 0 aromatic carbocycles. The molecular weight excluding hydrogens is 197 g/mol. The predicted octanol–water partition coefficient (Wildman–Crippen LogP) is -0.631. The molecule has 7 heteroatoms. The van der Waals surface area contributed by atoms with Crippen molar-refractivity contribution in [2.45, 2.75) is 24.5 Å². The summed E-state index contributed by atoms with van der Waals surface area (Å²) in [7, 11) is -4.29. The molecule has 6 nitrogen and oxygen atoms in total. The number of carboxylic acids is 1. The van der Waals surface area contributed by atoms with E-state index in [1.807, 2.05) is 0 Å². The van der Waals surface area contributed by atoms with Gasteiger partial charge in [0.2, 0.25) is 0 Å². The number of rotatable bonds is 2. The van der Waals surface area contributed by atoms with E-state index in [0.717, 1.165) is 0 Å². The quantitative estimate of drug-likeness (QED) is 0.451. The maximum atomic E-state index is 10.9. The summed E-state index contributed by atoms with van der Waals surface area (Å²) in [6.07, 6.45) is 0.855. The van der Waals surface area contributed by atoms with Crippen molar-refractivity contribution in [3.8, 4) is 0 Å². The summed E-state index contributed by atoms with van der Waals surface area (Å²) in [5, 5.41) is 11.2. The van der Waals surface area contributed by atoms with Gasteiger partial charge in [0, 0.05) is 0 Å². The number of carbonyl (C=O) groups is 1. The Morgan fingerprint density at radius 1 is 1.46 bits per heavy atom. The molecule has 0 aromatic heterocycles. The summed E-state index contributed by atoms with van der Waals surface area (Å²) in [6, 6.07) is -1.12. The third-order valence-corrected chi connectivity index (χ3v) is 3.54. The van der Waals surface area contributed by atoms with Crippen molar-refractivity contribution in [2.24, 2.45) is 0 Å². The van der Waals surface area contributed by atoms with Gasteiger partial charge in [-0.15, -0.1) is 0 Å². The molecule has 0 aromatic rings. The Labute approximate surface area is 75.1 Å². The van der Waals surface area contributed by atoms with Crippen LogP contribution in [-0.2, 0) is 9.36 Å². The van der Waals surface area contributed by atoms with Gasteiger partial charge in [-0.1, -0.05) is 0 Å². The van der Waals surface area contributed by atoms with Crippen LogP contribution in [0.2, 0.25) is 0 Å². The first-order valence-corrected chi connectivity index (χ1v) is 5.62. The lowest BCUT2D eigenvalue weighted by Gasteiger charge is -2.29. The van der Waals surface area contributed by atoms with Crippen LogP contribution in [0.3, 0.4) is 0 Å². The molecule has 13 heavy (non-hydrogen) atoms. The minimum absolute atomic E-state index is 0.258. The number of carboxylic acid groups (broad SMARTS) is 1. The lowest BCUT2D eigenvalue weighted by atomic mass is 10.0. The second-order valence-corrected chi connectivity index (χ2v) is 4.91. The first-order chi connectivity index (χ1) is 5.93. The molecule has 0 amide bonds. The second-order valence-electron chi connectivity index (χ2n) is 3.07. The molecule has 0 saturated carbocycles. The van der Waals surface area contributed by atoms with Gasteiger partial charge < -0.3 is 20.2 Å². The molecule has 1 rings (SSSR count). The van der Waals surface area contributed by atoms with Crippen LogP contribution < -0.4 is 5.32 Å². The summed E-state index contributed by atoms with van der Waals surface area (Å²) >= 11 is 0. The average Bonchev–Trinajstić information content (AvgIpc) is 2.03. The Hall–Kier alpha value is -0.420. The monoisotopic (exact) mass is 209 g/mol. The van der Waals surface area contributed by atoms with Gasteiger partial charge in [-0.3, -0.25) is 9.36 Å². The van der Waals surface area contributed by atoms with Crippen LogP contribution in [-0.4, -0.2) is 39.1 Å². The van der Waals surface area contributed by atoms with E-state index in [9.17, 15) is 9.36 Å². The van der Waals surface area contributed by atoms with Crippen LogP contribution in [0.1, 0.15) is 12.8 Å². The molecule has 4 N–H and O–H groups in total. The maximum absolute atomic E-state index is 10.9. The fourth-order valence-electron chi connectivity index (χ4n) is 1.49. The minimum Gasteiger partial charge on any atom is -0.480 e. The lowest BCUT2D eigenvalue weighted by molar-refractivity contribution is -0.140. The summed E-state index contributed by atoms with van der Waals surface area (Å²) < 4.78 is 10.9. The van der Waals surface area contributed by atoms with E-state index >= 15 is 0 Å². The molecule has 0 radical (unpaired) electrons. The van der Waals surface area contributed by atoms with Gasteiger partial charge in [0.25, 0.3) is 0 Å².